The lowest BCUT2D eigenvalue weighted by Crippen LogP contribution is -2.50. The molecule has 4 nitrogen and oxygen atoms in total. The van der Waals surface area contributed by atoms with Crippen molar-refractivity contribution in [2.75, 3.05) is 6.54 Å². The first kappa shape index (κ1) is 20.0. The van der Waals surface area contributed by atoms with Gasteiger partial charge in [-0.1, -0.05) is 44.5 Å². The highest BCUT2D eigenvalue weighted by molar-refractivity contribution is 6.32. The molecule has 1 amide bonds. The molecular weight excluding hydrogens is 311 g/mol. The fourth-order valence-electron chi connectivity index (χ4n) is 1.55. The Morgan fingerprint density at radius 3 is 2.48 bits per heavy atom. The minimum atomic E-state index is -0.546. The second-order valence-corrected chi connectivity index (χ2v) is 6.35. The van der Waals surface area contributed by atoms with Crippen LogP contribution < -0.4 is 15.8 Å². The number of carbonyl (C=O) groups is 1. The van der Waals surface area contributed by atoms with E-state index >= 15 is 0 Å². The molecule has 0 aliphatic rings. The fourth-order valence-corrected chi connectivity index (χ4v) is 1.73. The molecule has 3 N–H and O–H groups in total. The van der Waals surface area contributed by atoms with E-state index in [0.29, 0.717) is 17.3 Å². The van der Waals surface area contributed by atoms with Gasteiger partial charge >= 0.3 is 0 Å². The molecule has 1 rings (SSSR count). The van der Waals surface area contributed by atoms with Gasteiger partial charge in [-0.2, -0.15) is 0 Å². The number of nitrogens with two attached hydrogens (primary N) is 1. The van der Waals surface area contributed by atoms with Gasteiger partial charge in [0.05, 0.1) is 17.6 Å². The molecule has 21 heavy (non-hydrogen) atoms. The second kappa shape index (κ2) is 8.47. The molecule has 0 spiro atoms. The normalized spacial score (nSPS) is 13.8. The summed E-state index contributed by atoms with van der Waals surface area (Å²) >= 11 is 6.01. The molecule has 0 saturated heterocycles. The number of nitrogens with one attached hydrogen (secondary N) is 1. The van der Waals surface area contributed by atoms with Crippen LogP contribution in [0.15, 0.2) is 24.3 Å². The van der Waals surface area contributed by atoms with Gasteiger partial charge in [0.15, 0.2) is 0 Å². The predicted octanol–water partition coefficient (Wildman–Crippen LogP) is 3.02. The standard InChI is InChI=1S/C15H23ClN2O2.ClH/c1-10(20-12-8-6-5-7-11(12)16)9-18-14(19)13(17)15(2,3)4;/h5-8,10,13H,9,17H2,1-4H3,(H,18,19);1H/t10?,13-;/m1./s1. The highest BCUT2D eigenvalue weighted by Gasteiger charge is 2.27. The molecule has 0 fully saturated rings. The molecule has 6 heteroatoms. The molecule has 1 unspecified atom stereocenters. The minimum absolute atomic E-state index is 0. The third-order valence-corrected chi connectivity index (χ3v) is 3.26. The van der Waals surface area contributed by atoms with Crippen LogP contribution in [-0.4, -0.2) is 24.6 Å². The zero-order chi connectivity index (χ0) is 15.3. The molecule has 1 aromatic rings. The van der Waals surface area contributed by atoms with Crippen molar-refractivity contribution in [3.8, 4) is 5.75 Å². The number of benzene rings is 1. The average molecular weight is 335 g/mol. The zero-order valence-corrected chi connectivity index (χ0v) is 14.4. The van der Waals surface area contributed by atoms with Gasteiger partial charge < -0.3 is 15.8 Å². The van der Waals surface area contributed by atoms with Crippen LogP contribution >= 0.6 is 24.0 Å². The number of amides is 1. The Balaban J connectivity index is 0.00000400. The number of hydrogen-bond acceptors (Lipinski definition) is 3. The molecule has 0 bridgehead atoms. The Morgan fingerprint density at radius 1 is 1.38 bits per heavy atom. The van der Waals surface area contributed by atoms with Crippen LogP contribution in [0.5, 0.6) is 5.75 Å². The van der Waals surface area contributed by atoms with E-state index < -0.39 is 6.04 Å². The van der Waals surface area contributed by atoms with E-state index in [-0.39, 0.29) is 29.8 Å². The van der Waals surface area contributed by atoms with Gasteiger partial charge in [0, 0.05) is 0 Å². The maximum Gasteiger partial charge on any atom is 0.237 e. The Hall–Kier alpha value is -0.970. The van der Waals surface area contributed by atoms with Crippen LogP contribution in [-0.2, 0) is 4.79 Å². The molecule has 0 aliphatic carbocycles. The van der Waals surface area contributed by atoms with Crippen molar-refractivity contribution in [3.63, 3.8) is 0 Å². The van der Waals surface area contributed by atoms with Crippen molar-refractivity contribution in [2.45, 2.75) is 39.8 Å². The van der Waals surface area contributed by atoms with Crippen LogP contribution in [0.25, 0.3) is 0 Å². The van der Waals surface area contributed by atoms with Gasteiger partial charge in [0.1, 0.15) is 11.9 Å². The highest BCUT2D eigenvalue weighted by atomic mass is 35.5. The van der Waals surface area contributed by atoms with E-state index in [1.165, 1.54) is 0 Å². The molecule has 0 radical (unpaired) electrons. The lowest BCUT2D eigenvalue weighted by atomic mass is 9.87. The number of rotatable bonds is 5. The maximum atomic E-state index is 11.9. The summed E-state index contributed by atoms with van der Waals surface area (Å²) < 4.78 is 5.67. The van der Waals surface area contributed by atoms with Crippen molar-refractivity contribution >= 4 is 29.9 Å². The molecule has 0 heterocycles. The van der Waals surface area contributed by atoms with Crippen LogP contribution in [0.1, 0.15) is 27.7 Å². The largest absolute Gasteiger partial charge is 0.487 e. The van der Waals surface area contributed by atoms with Gasteiger partial charge in [-0.05, 0) is 24.5 Å². The number of halogens is 2. The first-order chi connectivity index (χ1) is 9.21. The summed E-state index contributed by atoms with van der Waals surface area (Å²) in [7, 11) is 0. The van der Waals surface area contributed by atoms with E-state index in [0.717, 1.165) is 0 Å². The van der Waals surface area contributed by atoms with Crippen molar-refractivity contribution < 1.29 is 9.53 Å². The fraction of sp³-hybridized carbons (Fsp3) is 0.533. The topological polar surface area (TPSA) is 64.4 Å². The summed E-state index contributed by atoms with van der Waals surface area (Å²) in [6.07, 6.45) is -0.189. The molecular formula is C15H24Cl2N2O2. The van der Waals surface area contributed by atoms with Crippen LogP contribution in [0.3, 0.4) is 0 Å². The smallest absolute Gasteiger partial charge is 0.237 e. The van der Waals surface area contributed by atoms with Crippen LogP contribution in [0, 0.1) is 5.41 Å². The number of hydrogen-bond donors (Lipinski definition) is 2. The Labute approximate surface area is 137 Å². The Kier molecular flexibility index (Phi) is 8.08. The summed E-state index contributed by atoms with van der Waals surface area (Å²) in [6, 6.07) is 6.70. The second-order valence-electron chi connectivity index (χ2n) is 5.95. The summed E-state index contributed by atoms with van der Waals surface area (Å²) in [5, 5.41) is 3.35. The van der Waals surface area contributed by atoms with Crippen molar-refractivity contribution in [1.29, 1.82) is 0 Å². The third kappa shape index (κ3) is 6.55. The van der Waals surface area contributed by atoms with Gasteiger partial charge in [0.2, 0.25) is 5.91 Å². The van der Waals surface area contributed by atoms with Crippen molar-refractivity contribution in [1.82, 2.24) is 5.32 Å². The summed E-state index contributed by atoms with van der Waals surface area (Å²) in [5.41, 5.74) is 5.62. The quantitative estimate of drug-likeness (QED) is 0.869. The summed E-state index contributed by atoms with van der Waals surface area (Å²) in [5.74, 6) is 0.433. The van der Waals surface area contributed by atoms with E-state index in [1.807, 2.05) is 39.8 Å². The van der Waals surface area contributed by atoms with Crippen molar-refractivity contribution in [2.24, 2.45) is 11.1 Å². The van der Waals surface area contributed by atoms with Gasteiger partial charge in [-0.3, -0.25) is 4.79 Å². The highest BCUT2D eigenvalue weighted by Crippen LogP contribution is 2.24. The van der Waals surface area contributed by atoms with E-state index in [2.05, 4.69) is 5.32 Å². The molecule has 0 saturated carbocycles. The molecule has 1 aromatic carbocycles. The molecule has 2 atom stereocenters. The predicted molar refractivity (Wildman–Crippen MR) is 89.2 cm³/mol. The third-order valence-electron chi connectivity index (χ3n) is 2.94. The SMILES string of the molecule is CC(CNC(=O)[C@@H](N)C(C)(C)C)Oc1ccccc1Cl.Cl. The van der Waals surface area contributed by atoms with E-state index in [9.17, 15) is 4.79 Å². The van der Waals surface area contributed by atoms with Crippen molar-refractivity contribution in [3.05, 3.63) is 29.3 Å². The van der Waals surface area contributed by atoms with E-state index in [1.54, 1.807) is 12.1 Å². The van der Waals surface area contributed by atoms with Gasteiger partial charge in [-0.15, -0.1) is 12.4 Å². The number of carbonyl (C=O) groups excluding carboxylic acids is 1. The first-order valence-electron chi connectivity index (χ1n) is 6.66. The lowest BCUT2D eigenvalue weighted by Gasteiger charge is -2.26. The number of ether oxygens (including phenoxy) is 1. The average Bonchev–Trinajstić information content (AvgIpc) is 2.36. The Morgan fingerprint density at radius 2 is 1.95 bits per heavy atom. The zero-order valence-electron chi connectivity index (χ0n) is 12.9. The summed E-state index contributed by atoms with van der Waals surface area (Å²) in [6.45, 7) is 8.04. The lowest BCUT2D eigenvalue weighted by molar-refractivity contribution is -0.124. The first-order valence-corrected chi connectivity index (χ1v) is 7.04. The minimum Gasteiger partial charge on any atom is -0.487 e. The van der Waals surface area contributed by atoms with Gasteiger partial charge in [0.25, 0.3) is 0 Å². The molecule has 0 aliphatic heterocycles. The molecule has 120 valence electrons. The molecule has 0 aromatic heterocycles. The van der Waals surface area contributed by atoms with Crippen LogP contribution in [0.2, 0.25) is 5.02 Å². The Bertz CT molecular complexity index is 461. The monoisotopic (exact) mass is 334 g/mol. The number of para-hydroxylation sites is 1. The van der Waals surface area contributed by atoms with Gasteiger partial charge in [-0.25, -0.2) is 0 Å². The van der Waals surface area contributed by atoms with E-state index in [4.69, 9.17) is 22.1 Å². The van der Waals surface area contributed by atoms with Crippen LogP contribution in [0.4, 0.5) is 0 Å². The summed E-state index contributed by atoms with van der Waals surface area (Å²) in [4.78, 5) is 11.9. The maximum absolute atomic E-state index is 11.9.